The van der Waals surface area contributed by atoms with Crippen LogP contribution in [-0.2, 0) is 0 Å². The monoisotopic (exact) mass is 328 g/mol. The number of aromatic nitrogens is 3. The molecule has 1 N–H and O–H groups in total. The summed E-state index contributed by atoms with van der Waals surface area (Å²) in [6, 6.07) is 8.43. The van der Waals surface area contributed by atoms with Gasteiger partial charge in [-0.3, -0.25) is 0 Å². The lowest BCUT2D eigenvalue weighted by molar-refractivity contribution is 0.442. The first-order chi connectivity index (χ1) is 10.8. The second kappa shape index (κ2) is 5.51. The Morgan fingerprint density at radius 2 is 1.82 bits per heavy atom. The van der Waals surface area contributed by atoms with Gasteiger partial charge in [-0.2, -0.15) is 4.98 Å². The van der Waals surface area contributed by atoms with Gasteiger partial charge in [0.15, 0.2) is 0 Å². The van der Waals surface area contributed by atoms with Gasteiger partial charge in [0.2, 0.25) is 0 Å². The first kappa shape index (κ1) is 13.4. The minimum absolute atomic E-state index is 0.0624. The summed E-state index contributed by atoms with van der Waals surface area (Å²) in [5.74, 6) is 0.746. The van der Waals surface area contributed by atoms with Crippen LogP contribution >= 0.6 is 22.7 Å². The fourth-order valence-electron chi connectivity index (χ4n) is 2.36. The third-order valence-corrected chi connectivity index (χ3v) is 5.25. The van der Waals surface area contributed by atoms with Crippen molar-refractivity contribution in [1.29, 1.82) is 0 Å². The molecule has 22 heavy (non-hydrogen) atoms. The van der Waals surface area contributed by atoms with Crippen LogP contribution in [0.1, 0.15) is 21.5 Å². The Morgan fingerprint density at radius 3 is 2.45 bits per heavy atom. The summed E-state index contributed by atoms with van der Waals surface area (Å²) in [6.45, 7) is 1.89. The first-order valence-electron chi connectivity index (χ1n) is 6.73. The Labute approximate surface area is 134 Å². The van der Waals surface area contributed by atoms with Crippen LogP contribution in [0.2, 0.25) is 0 Å². The number of nitrogens with one attached hydrogen (secondary N) is 1. The van der Waals surface area contributed by atoms with Crippen molar-refractivity contribution in [2.24, 2.45) is 0 Å². The van der Waals surface area contributed by atoms with Gasteiger partial charge in [-0.15, -0.1) is 22.7 Å². The van der Waals surface area contributed by atoms with Gasteiger partial charge < -0.3 is 9.84 Å². The summed E-state index contributed by atoms with van der Waals surface area (Å²) < 4.78 is 5.22. The lowest BCUT2D eigenvalue weighted by Gasteiger charge is -2.17. The Balaban J connectivity index is 1.80. The molecule has 5 nitrogen and oxygen atoms in total. The van der Waals surface area contributed by atoms with E-state index in [-0.39, 0.29) is 6.04 Å². The number of aryl methyl sites for hydroxylation is 1. The molecule has 4 aromatic rings. The number of nitrogens with zero attached hydrogens (tertiary/aromatic N) is 3. The summed E-state index contributed by atoms with van der Waals surface area (Å²) in [7, 11) is 0. The molecule has 4 rings (SSSR count). The topological polar surface area (TPSA) is 63.8 Å². The molecule has 0 aliphatic heterocycles. The largest absolute Gasteiger partial charge is 0.357 e. The Kier molecular flexibility index (Phi) is 3.36. The van der Waals surface area contributed by atoms with Crippen LogP contribution < -0.4 is 5.32 Å². The highest BCUT2D eigenvalue weighted by Gasteiger charge is 2.20. The zero-order valence-corrected chi connectivity index (χ0v) is 13.3. The summed E-state index contributed by atoms with van der Waals surface area (Å²) in [4.78, 5) is 11.0. The fraction of sp³-hybridized carbons (Fsp3) is 0.133. The normalized spacial score (nSPS) is 11.4. The predicted molar refractivity (Wildman–Crippen MR) is 88.4 cm³/mol. The molecule has 110 valence electrons. The van der Waals surface area contributed by atoms with Gasteiger partial charge in [0.1, 0.15) is 17.5 Å². The summed E-state index contributed by atoms with van der Waals surface area (Å²) in [5.41, 5.74) is 1.29. The van der Waals surface area contributed by atoms with Gasteiger partial charge in [-0.05, 0) is 29.8 Å². The van der Waals surface area contributed by atoms with E-state index in [2.05, 4.69) is 55.5 Å². The molecule has 0 atom stereocenters. The molecular weight excluding hydrogens is 316 g/mol. The third kappa shape index (κ3) is 2.28. The van der Waals surface area contributed by atoms with E-state index in [1.54, 1.807) is 22.7 Å². The van der Waals surface area contributed by atoms with Crippen molar-refractivity contribution < 1.29 is 4.52 Å². The van der Waals surface area contributed by atoms with E-state index < -0.39 is 0 Å². The van der Waals surface area contributed by atoms with Crippen molar-refractivity contribution in [2.45, 2.75) is 13.0 Å². The molecular formula is C15H12N4OS2. The van der Waals surface area contributed by atoms with Crippen LogP contribution in [0.25, 0.3) is 11.1 Å². The second-order valence-electron chi connectivity index (χ2n) is 4.78. The minimum atomic E-state index is 0.0624. The van der Waals surface area contributed by atoms with Gasteiger partial charge in [-0.1, -0.05) is 17.3 Å². The standard InChI is InChI=1S/C15H12N4OS2/c1-9-12-14(16-8-17-15(12)20-19-9)18-13(10-4-2-6-21-10)11-5-3-7-22-11/h2-8,13H,1H3,(H,16,17,18). The molecule has 0 unspecified atom stereocenters. The van der Waals surface area contributed by atoms with Gasteiger partial charge in [0.25, 0.3) is 5.71 Å². The van der Waals surface area contributed by atoms with Crippen molar-refractivity contribution >= 4 is 39.6 Å². The maximum absolute atomic E-state index is 5.22. The van der Waals surface area contributed by atoms with E-state index in [0.29, 0.717) is 5.71 Å². The van der Waals surface area contributed by atoms with Crippen LogP contribution in [0.3, 0.4) is 0 Å². The Morgan fingerprint density at radius 1 is 1.09 bits per heavy atom. The number of hydrogen-bond acceptors (Lipinski definition) is 7. The van der Waals surface area contributed by atoms with Gasteiger partial charge in [0.05, 0.1) is 11.7 Å². The highest BCUT2D eigenvalue weighted by Crippen LogP contribution is 2.34. The molecule has 0 radical (unpaired) electrons. The maximum atomic E-state index is 5.22. The number of fused-ring (bicyclic) bond motifs is 1. The molecule has 0 amide bonds. The molecule has 4 heterocycles. The molecule has 0 aromatic carbocycles. The quantitative estimate of drug-likeness (QED) is 0.607. The number of anilines is 1. The van der Waals surface area contributed by atoms with E-state index in [0.717, 1.165) is 16.9 Å². The highest BCUT2D eigenvalue weighted by atomic mass is 32.1. The second-order valence-corrected chi connectivity index (χ2v) is 6.74. The van der Waals surface area contributed by atoms with Crippen molar-refractivity contribution in [3.63, 3.8) is 0 Å². The highest BCUT2D eigenvalue weighted by molar-refractivity contribution is 7.11. The van der Waals surface area contributed by atoms with Crippen LogP contribution in [0.5, 0.6) is 0 Å². The SMILES string of the molecule is Cc1noc2ncnc(NC(c3cccs3)c3cccs3)c12. The summed E-state index contributed by atoms with van der Waals surface area (Å²) >= 11 is 3.44. The van der Waals surface area contributed by atoms with Gasteiger partial charge in [0, 0.05) is 9.75 Å². The van der Waals surface area contributed by atoms with E-state index in [9.17, 15) is 0 Å². The molecule has 0 saturated heterocycles. The van der Waals surface area contributed by atoms with Gasteiger partial charge in [-0.25, -0.2) is 4.98 Å². The summed E-state index contributed by atoms with van der Waals surface area (Å²) in [5, 5.41) is 12.5. The van der Waals surface area contributed by atoms with Gasteiger partial charge >= 0.3 is 0 Å². The third-order valence-electron chi connectivity index (χ3n) is 3.38. The van der Waals surface area contributed by atoms with Crippen LogP contribution in [-0.4, -0.2) is 15.1 Å². The van der Waals surface area contributed by atoms with Crippen LogP contribution in [0.4, 0.5) is 5.82 Å². The molecule has 0 bridgehead atoms. The number of hydrogen-bond donors (Lipinski definition) is 1. The lowest BCUT2D eigenvalue weighted by atomic mass is 10.2. The lowest BCUT2D eigenvalue weighted by Crippen LogP contribution is -2.11. The molecule has 0 saturated carbocycles. The minimum Gasteiger partial charge on any atom is -0.357 e. The Bertz CT molecular complexity index is 849. The molecule has 4 aromatic heterocycles. The maximum Gasteiger partial charge on any atom is 0.263 e. The predicted octanol–water partition coefficient (Wildman–Crippen LogP) is 4.25. The molecule has 7 heteroatoms. The van der Waals surface area contributed by atoms with Crippen molar-refractivity contribution in [3.8, 4) is 0 Å². The number of rotatable bonds is 4. The zero-order chi connectivity index (χ0) is 14.9. The zero-order valence-electron chi connectivity index (χ0n) is 11.7. The van der Waals surface area contributed by atoms with Crippen molar-refractivity contribution in [2.75, 3.05) is 5.32 Å². The smallest absolute Gasteiger partial charge is 0.263 e. The van der Waals surface area contributed by atoms with E-state index in [1.165, 1.54) is 16.1 Å². The van der Waals surface area contributed by atoms with E-state index in [4.69, 9.17) is 4.52 Å². The van der Waals surface area contributed by atoms with Crippen LogP contribution in [0, 0.1) is 6.92 Å². The van der Waals surface area contributed by atoms with Crippen LogP contribution in [0.15, 0.2) is 45.9 Å². The average Bonchev–Trinajstić information content (AvgIpc) is 3.27. The molecule has 0 aliphatic rings. The Hall–Kier alpha value is -2.25. The van der Waals surface area contributed by atoms with E-state index in [1.807, 2.05) is 6.92 Å². The van der Waals surface area contributed by atoms with Crippen molar-refractivity contribution in [1.82, 2.24) is 15.1 Å². The molecule has 0 aliphatic carbocycles. The fourth-order valence-corrected chi connectivity index (χ4v) is 4.02. The molecule has 0 spiro atoms. The number of thiophene rings is 2. The van der Waals surface area contributed by atoms with Crippen molar-refractivity contribution in [3.05, 3.63) is 56.8 Å². The van der Waals surface area contributed by atoms with E-state index >= 15 is 0 Å². The first-order valence-corrected chi connectivity index (χ1v) is 8.49. The summed E-state index contributed by atoms with van der Waals surface area (Å²) in [6.07, 6.45) is 1.50. The average molecular weight is 328 g/mol. The molecule has 0 fully saturated rings.